The first kappa shape index (κ1) is 20.5. The van der Waals surface area contributed by atoms with Gasteiger partial charge < -0.3 is 9.15 Å². The molecule has 1 unspecified atom stereocenters. The molecule has 1 aromatic heterocycles. The highest BCUT2D eigenvalue weighted by Crippen LogP contribution is 2.34. The van der Waals surface area contributed by atoms with Crippen molar-refractivity contribution in [3.05, 3.63) is 65.3 Å². The van der Waals surface area contributed by atoms with Gasteiger partial charge in [-0.05, 0) is 51.4 Å². The van der Waals surface area contributed by atoms with Crippen LogP contribution >= 0.6 is 0 Å². The third kappa shape index (κ3) is 4.14. The lowest BCUT2D eigenvalue weighted by Gasteiger charge is -2.37. The number of nitrogens with zero attached hydrogens (tertiary/aromatic N) is 3. The molecule has 0 aliphatic carbocycles. The third-order valence-electron chi connectivity index (χ3n) is 4.55. The molecule has 0 amide bonds. The van der Waals surface area contributed by atoms with Gasteiger partial charge in [0.15, 0.2) is 12.0 Å². The van der Waals surface area contributed by atoms with E-state index in [-0.39, 0.29) is 23.0 Å². The predicted octanol–water partition coefficient (Wildman–Crippen LogP) is 4.44. The maximum absolute atomic E-state index is 13.3. The lowest BCUT2D eigenvalue weighted by atomic mass is 10.0. The second-order valence-electron chi connectivity index (χ2n) is 6.60. The molecule has 29 heavy (non-hydrogen) atoms. The van der Waals surface area contributed by atoms with Gasteiger partial charge in [-0.1, -0.05) is 12.1 Å². The summed E-state index contributed by atoms with van der Waals surface area (Å²) in [4.78, 5) is 13.4. The molecule has 0 fully saturated rings. The minimum absolute atomic E-state index is 0.135. The van der Waals surface area contributed by atoms with Crippen molar-refractivity contribution in [1.82, 2.24) is 15.1 Å². The van der Waals surface area contributed by atoms with Crippen LogP contribution in [0.2, 0.25) is 0 Å². The van der Waals surface area contributed by atoms with Gasteiger partial charge in [-0.15, -0.1) is 10.2 Å². The number of aromatic nitrogens is 2. The number of aldehydes is 1. The first-order chi connectivity index (χ1) is 13.7. The SMILES string of the molecule is CN(C)C(C)(Oc1ccc(-c2nnc(C(F)F)o2)cc1C=O)c1ccc(F)cc1. The van der Waals surface area contributed by atoms with Crippen LogP contribution in [0, 0.1) is 5.82 Å². The number of ether oxygens (including phenoxy) is 1. The van der Waals surface area contributed by atoms with Crippen molar-refractivity contribution in [3.8, 4) is 17.2 Å². The van der Waals surface area contributed by atoms with Crippen LogP contribution in [0.25, 0.3) is 11.5 Å². The summed E-state index contributed by atoms with van der Waals surface area (Å²) in [5, 5.41) is 6.85. The monoisotopic (exact) mass is 405 g/mol. The number of halogens is 3. The Balaban J connectivity index is 1.96. The molecule has 3 aromatic rings. The van der Waals surface area contributed by atoms with Crippen molar-refractivity contribution in [2.24, 2.45) is 0 Å². The van der Waals surface area contributed by atoms with Crippen LogP contribution in [0.1, 0.15) is 35.2 Å². The van der Waals surface area contributed by atoms with Crippen LogP contribution < -0.4 is 4.74 Å². The van der Waals surface area contributed by atoms with Crippen molar-refractivity contribution in [2.75, 3.05) is 14.1 Å². The van der Waals surface area contributed by atoms with Gasteiger partial charge in [-0.25, -0.2) is 4.39 Å². The van der Waals surface area contributed by atoms with Crippen LogP contribution in [0.15, 0.2) is 46.9 Å². The normalized spacial score (nSPS) is 13.5. The largest absolute Gasteiger partial charge is 0.468 e. The Labute approximate surface area is 164 Å². The number of rotatable bonds is 7. The van der Waals surface area contributed by atoms with Crippen molar-refractivity contribution in [3.63, 3.8) is 0 Å². The van der Waals surface area contributed by atoms with Gasteiger partial charge in [0.2, 0.25) is 5.89 Å². The molecular weight excluding hydrogens is 387 g/mol. The summed E-state index contributed by atoms with van der Waals surface area (Å²) >= 11 is 0. The van der Waals surface area contributed by atoms with Gasteiger partial charge in [0.25, 0.3) is 5.89 Å². The van der Waals surface area contributed by atoms with Crippen molar-refractivity contribution >= 4 is 6.29 Å². The van der Waals surface area contributed by atoms with E-state index in [0.29, 0.717) is 17.4 Å². The average molecular weight is 405 g/mol. The lowest BCUT2D eigenvalue weighted by Crippen LogP contribution is -2.44. The highest BCUT2D eigenvalue weighted by molar-refractivity contribution is 5.82. The number of carbonyl (C=O) groups excluding carboxylic acids is 1. The Kier molecular flexibility index (Phi) is 5.69. The summed E-state index contributed by atoms with van der Waals surface area (Å²) in [5.74, 6) is -1.07. The zero-order valence-electron chi connectivity index (χ0n) is 15.9. The van der Waals surface area contributed by atoms with Crippen LogP contribution in [0.5, 0.6) is 5.75 Å². The molecule has 0 radical (unpaired) electrons. The Morgan fingerprint density at radius 1 is 1.14 bits per heavy atom. The summed E-state index contributed by atoms with van der Waals surface area (Å²) in [6.07, 6.45) is -2.31. The molecule has 0 spiro atoms. The van der Waals surface area contributed by atoms with E-state index in [1.165, 1.54) is 30.3 Å². The molecule has 2 aromatic carbocycles. The summed E-state index contributed by atoms with van der Waals surface area (Å²) < 4.78 is 49.7. The molecule has 0 bridgehead atoms. The van der Waals surface area contributed by atoms with E-state index in [0.717, 1.165) is 0 Å². The molecule has 3 rings (SSSR count). The summed E-state index contributed by atoms with van der Waals surface area (Å²) in [7, 11) is 3.56. The fourth-order valence-corrected chi connectivity index (χ4v) is 2.69. The molecule has 0 saturated heterocycles. The number of benzene rings is 2. The number of carbonyl (C=O) groups is 1. The molecule has 0 aliphatic rings. The summed E-state index contributed by atoms with van der Waals surface area (Å²) in [6, 6.07) is 10.3. The molecule has 0 aliphatic heterocycles. The first-order valence-electron chi connectivity index (χ1n) is 8.58. The number of hydrogen-bond donors (Lipinski definition) is 0. The van der Waals surface area contributed by atoms with Crippen LogP contribution in [0.4, 0.5) is 13.2 Å². The van der Waals surface area contributed by atoms with Gasteiger partial charge in [0.1, 0.15) is 11.6 Å². The van der Waals surface area contributed by atoms with Crippen LogP contribution in [-0.4, -0.2) is 35.5 Å². The first-order valence-corrected chi connectivity index (χ1v) is 8.58. The van der Waals surface area contributed by atoms with Crippen molar-refractivity contribution < 1.29 is 27.1 Å². The van der Waals surface area contributed by atoms with E-state index in [9.17, 15) is 18.0 Å². The standard InChI is InChI=1S/C20H18F3N3O3/c1-20(26(2)3,14-5-7-15(21)8-6-14)29-16-9-4-12(10-13(16)11-27)18-24-25-19(28-18)17(22)23/h4-11,17H,1-3H3. The van der Waals surface area contributed by atoms with Crippen molar-refractivity contribution in [2.45, 2.75) is 19.1 Å². The second kappa shape index (κ2) is 8.04. The third-order valence-corrected chi connectivity index (χ3v) is 4.55. The van der Waals surface area contributed by atoms with Gasteiger partial charge in [0.05, 0.1) is 5.56 Å². The Morgan fingerprint density at radius 2 is 1.83 bits per heavy atom. The summed E-state index contributed by atoms with van der Waals surface area (Å²) in [6.45, 7) is 1.77. The Morgan fingerprint density at radius 3 is 2.38 bits per heavy atom. The van der Waals surface area contributed by atoms with Gasteiger partial charge in [-0.3, -0.25) is 9.69 Å². The van der Waals surface area contributed by atoms with Gasteiger partial charge in [0, 0.05) is 11.1 Å². The molecule has 9 heteroatoms. The van der Waals surface area contributed by atoms with E-state index >= 15 is 0 Å². The quantitative estimate of drug-likeness (QED) is 0.428. The fraction of sp³-hybridized carbons (Fsp3) is 0.250. The topological polar surface area (TPSA) is 68.5 Å². The number of alkyl halides is 2. The van der Waals surface area contributed by atoms with Gasteiger partial charge >= 0.3 is 6.43 Å². The molecule has 0 saturated carbocycles. The van der Waals surface area contributed by atoms with Crippen molar-refractivity contribution in [1.29, 1.82) is 0 Å². The van der Waals surface area contributed by atoms with E-state index in [4.69, 9.17) is 9.15 Å². The van der Waals surface area contributed by atoms with E-state index in [1.54, 1.807) is 38.1 Å². The lowest BCUT2D eigenvalue weighted by molar-refractivity contribution is -0.0471. The minimum atomic E-state index is -2.89. The van der Waals surface area contributed by atoms with E-state index in [1.807, 2.05) is 0 Å². The average Bonchev–Trinajstić information content (AvgIpc) is 3.19. The maximum atomic E-state index is 13.3. The molecule has 1 atom stereocenters. The predicted molar refractivity (Wildman–Crippen MR) is 98.1 cm³/mol. The fourth-order valence-electron chi connectivity index (χ4n) is 2.69. The molecule has 1 heterocycles. The summed E-state index contributed by atoms with van der Waals surface area (Å²) in [5.41, 5.74) is 0.116. The van der Waals surface area contributed by atoms with E-state index in [2.05, 4.69) is 10.2 Å². The molecule has 0 N–H and O–H groups in total. The van der Waals surface area contributed by atoms with E-state index < -0.39 is 18.0 Å². The smallest absolute Gasteiger partial charge is 0.314 e. The highest BCUT2D eigenvalue weighted by Gasteiger charge is 2.32. The zero-order valence-corrected chi connectivity index (χ0v) is 15.9. The van der Waals surface area contributed by atoms with Crippen LogP contribution in [-0.2, 0) is 5.72 Å². The Bertz CT molecular complexity index is 1010. The zero-order chi connectivity index (χ0) is 21.2. The maximum Gasteiger partial charge on any atom is 0.314 e. The molecule has 152 valence electrons. The van der Waals surface area contributed by atoms with Gasteiger partial charge in [-0.2, -0.15) is 8.78 Å². The second-order valence-corrected chi connectivity index (χ2v) is 6.60. The number of hydrogen-bond acceptors (Lipinski definition) is 6. The Hall–Kier alpha value is -3.20. The molecular formula is C20H18F3N3O3. The molecule has 6 nitrogen and oxygen atoms in total. The van der Waals surface area contributed by atoms with Crippen LogP contribution in [0.3, 0.4) is 0 Å². The highest BCUT2D eigenvalue weighted by atomic mass is 19.3. The minimum Gasteiger partial charge on any atom is -0.468 e.